The number of ketones is 1. The summed E-state index contributed by atoms with van der Waals surface area (Å²) in [6.07, 6.45) is 0. The predicted octanol–water partition coefficient (Wildman–Crippen LogP) is 5.84. The minimum Gasteiger partial charge on any atom is -0.543 e. The summed E-state index contributed by atoms with van der Waals surface area (Å²) in [7, 11) is -2.11. The van der Waals surface area contributed by atoms with Gasteiger partial charge in [-0.05, 0) is 61.8 Å². The van der Waals surface area contributed by atoms with Gasteiger partial charge in [-0.15, -0.1) is 0 Å². The van der Waals surface area contributed by atoms with E-state index in [1.54, 1.807) is 18.2 Å². The van der Waals surface area contributed by atoms with Gasteiger partial charge in [0.1, 0.15) is 11.3 Å². The summed E-state index contributed by atoms with van der Waals surface area (Å²) in [6, 6.07) is 8.92. The van der Waals surface area contributed by atoms with E-state index in [0.717, 1.165) is 10.9 Å². The Kier molecular flexibility index (Phi) is 4.55. The van der Waals surface area contributed by atoms with Crippen LogP contribution in [-0.2, 0) is 0 Å². The number of hydrogen-bond donors (Lipinski definition) is 0. The highest BCUT2D eigenvalue weighted by atomic mass is 28.4. The predicted molar refractivity (Wildman–Crippen MR) is 113 cm³/mol. The van der Waals surface area contributed by atoms with E-state index in [-0.39, 0.29) is 10.8 Å². The first-order valence-electron chi connectivity index (χ1n) is 9.12. The Labute approximate surface area is 160 Å². The van der Waals surface area contributed by atoms with Crippen molar-refractivity contribution in [2.24, 2.45) is 0 Å². The van der Waals surface area contributed by atoms with E-state index in [2.05, 4.69) is 33.9 Å². The lowest BCUT2D eigenvalue weighted by Gasteiger charge is -2.36. The summed E-state index contributed by atoms with van der Waals surface area (Å²) in [5, 5.41) is 1.93. The van der Waals surface area contributed by atoms with Gasteiger partial charge in [0.2, 0.25) is 0 Å². The lowest BCUT2D eigenvalue weighted by molar-refractivity contribution is 0.101. The van der Waals surface area contributed by atoms with Gasteiger partial charge < -0.3 is 8.84 Å². The first-order valence-corrected chi connectivity index (χ1v) is 12.0. The SMILES string of the molecule is CC(=O)c1ccc2c(=O)oc3cc(C)cc(O[Si](C)(C)C(C)(C)C)c3c2c1. The molecule has 1 aromatic heterocycles. The molecule has 0 atom stereocenters. The van der Waals surface area contributed by atoms with Crippen molar-refractivity contribution in [2.75, 3.05) is 0 Å². The number of benzene rings is 2. The van der Waals surface area contributed by atoms with Crippen LogP contribution in [-0.4, -0.2) is 14.1 Å². The highest BCUT2D eigenvalue weighted by molar-refractivity contribution is 6.74. The molecule has 3 aromatic rings. The first-order chi connectivity index (χ1) is 12.4. The Morgan fingerprint density at radius 1 is 1.07 bits per heavy atom. The topological polar surface area (TPSA) is 56.5 Å². The van der Waals surface area contributed by atoms with Crippen LogP contribution in [0.4, 0.5) is 0 Å². The van der Waals surface area contributed by atoms with E-state index >= 15 is 0 Å². The molecule has 0 aliphatic carbocycles. The van der Waals surface area contributed by atoms with Crippen LogP contribution < -0.4 is 10.1 Å². The Morgan fingerprint density at radius 2 is 1.74 bits per heavy atom. The molecule has 0 saturated heterocycles. The second kappa shape index (κ2) is 6.34. The number of fused-ring (bicyclic) bond motifs is 3. The van der Waals surface area contributed by atoms with E-state index in [4.69, 9.17) is 8.84 Å². The zero-order chi connectivity index (χ0) is 20.1. The largest absolute Gasteiger partial charge is 0.543 e. The zero-order valence-electron chi connectivity index (χ0n) is 17.0. The molecule has 0 amide bonds. The van der Waals surface area contributed by atoms with Crippen LogP contribution in [0.3, 0.4) is 0 Å². The van der Waals surface area contributed by atoms with Gasteiger partial charge in [-0.2, -0.15) is 0 Å². The van der Waals surface area contributed by atoms with Crippen LogP contribution in [0, 0.1) is 6.92 Å². The monoisotopic (exact) mass is 382 g/mol. The number of aryl methyl sites for hydroxylation is 1. The van der Waals surface area contributed by atoms with Crippen molar-refractivity contribution in [2.45, 2.75) is 52.8 Å². The normalized spacial score (nSPS) is 12.6. The molecule has 2 aromatic carbocycles. The van der Waals surface area contributed by atoms with E-state index in [1.807, 2.05) is 19.1 Å². The molecule has 0 saturated carbocycles. The Bertz CT molecular complexity index is 1120. The average molecular weight is 383 g/mol. The van der Waals surface area contributed by atoms with Gasteiger partial charge in [0.15, 0.2) is 5.78 Å². The van der Waals surface area contributed by atoms with Crippen LogP contribution in [0.1, 0.15) is 43.6 Å². The second-order valence-corrected chi connectivity index (χ2v) is 13.4. The maximum atomic E-state index is 12.5. The van der Waals surface area contributed by atoms with Crippen molar-refractivity contribution in [1.29, 1.82) is 0 Å². The minimum atomic E-state index is -2.11. The first kappa shape index (κ1) is 19.4. The van der Waals surface area contributed by atoms with Crippen molar-refractivity contribution in [3.63, 3.8) is 0 Å². The van der Waals surface area contributed by atoms with Crippen molar-refractivity contribution in [3.05, 3.63) is 51.9 Å². The summed E-state index contributed by atoms with van der Waals surface area (Å²) in [4.78, 5) is 24.3. The molecular formula is C22H26O4Si. The molecule has 0 aliphatic heterocycles. The molecule has 0 spiro atoms. The van der Waals surface area contributed by atoms with Gasteiger partial charge in [-0.1, -0.05) is 26.8 Å². The van der Waals surface area contributed by atoms with Gasteiger partial charge >= 0.3 is 5.63 Å². The molecule has 27 heavy (non-hydrogen) atoms. The standard InChI is InChI=1S/C22H26O4Si/c1-13-10-18-20(19(11-13)26-27(6,7)22(3,4)5)17-12-15(14(2)23)8-9-16(17)21(24)25-18/h8-12H,1-7H3. The Hall–Kier alpha value is -2.40. The van der Waals surface area contributed by atoms with Crippen LogP contribution >= 0.6 is 0 Å². The van der Waals surface area contributed by atoms with E-state index < -0.39 is 13.9 Å². The van der Waals surface area contributed by atoms with Crippen molar-refractivity contribution in [1.82, 2.24) is 0 Å². The quantitative estimate of drug-likeness (QED) is 0.247. The summed E-state index contributed by atoms with van der Waals surface area (Å²) >= 11 is 0. The fourth-order valence-corrected chi connectivity index (χ4v) is 3.90. The molecule has 0 fully saturated rings. The van der Waals surface area contributed by atoms with Crippen molar-refractivity contribution < 1.29 is 13.6 Å². The number of Topliss-reactive ketones (excluding diaryl/α,β-unsaturated/α-hetero) is 1. The smallest absolute Gasteiger partial charge is 0.344 e. The highest BCUT2D eigenvalue weighted by Gasteiger charge is 2.39. The van der Waals surface area contributed by atoms with Crippen LogP contribution in [0.25, 0.3) is 21.7 Å². The molecule has 3 rings (SSSR count). The van der Waals surface area contributed by atoms with E-state index in [0.29, 0.717) is 27.7 Å². The van der Waals surface area contributed by atoms with Gasteiger partial charge in [0.25, 0.3) is 8.32 Å². The average Bonchev–Trinajstić information content (AvgIpc) is 2.52. The zero-order valence-corrected chi connectivity index (χ0v) is 18.0. The third kappa shape index (κ3) is 3.44. The third-order valence-corrected chi connectivity index (χ3v) is 9.84. The summed E-state index contributed by atoms with van der Waals surface area (Å²) < 4.78 is 12.2. The van der Waals surface area contributed by atoms with Crippen molar-refractivity contribution in [3.8, 4) is 5.75 Å². The molecule has 0 unspecified atom stereocenters. The third-order valence-electron chi connectivity index (χ3n) is 5.50. The Balaban J connectivity index is 2.41. The van der Waals surface area contributed by atoms with Crippen LogP contribution in [0.2, 0.25) is 18.1 Å². The van der Waals surface area contributed by atoms with Crippen LogP contribution in [0.15, 0.2) is 39.5 Å². The summed E-state index contributed by atoms with van der Waals surface area (Å²) in [5.74, 6) is 0.670. The highest BCUT2D eigenvalue weighted by Crippen LogP contribution is 2.41. The maximum Gasteiger partial charge on any atom is 0.344 e. The molecule has 142 valence electrons. The van der Waals surface area contributed by atoms with Gasteiger partial charge in [-0.25, -0.2) is 4.79 Å². The number of carbonyl (C=O) groups excluding carboxylic acids is 1. The number of hydrogen-bond acceptors (Lipinski definition) is 4. The minimum absolute atomic E-state index is 0.0268. The fraction of sp³-hybridized carbons (Fsp3) is 0.364. The van der Waals surface area contributed by atoms with Gasteiger partial charge in [-0.3, -0.25) is 4.79 Å². The second-order valence-electron chi connectivity index (χ2n) is 8.70. The lowest BCUT2D eigenvalue weighted by atomic mass is 10.0. The van der Waals surface area contributed by atoms with Gasteiger partial charge in [0, 0.05) is 10.9 Å². The summed E-state index contributed by atoms with van der Waals surface area (Å²) in [6.45, 7) is 14.4. The summed E-state index contributed by atoms with van der Waals surface area (Å²) in [5.41, 5.74) is 1.60. The van der Waals surface area contributed by atoms with E-state index in [1.165, 1.54) is 6.92 Å². The molecule has 0 radical (unpaired) electrons. The number of carbonyl (C=O) groups is 1. The van der Waals surface area contributed by atoms with Crippen molar-refractivity contribution >= 4 is 35.8 Å². The molecule has 0 aliphatic rings. The molecule has 0 bridgehead atoms. The Morgan fingerprint density at radius 3 is 2.33 bits per heavy atom. The molecule has 0 N–H and O–H groups in total. The molecule has 1 heterocycles. The molecule has 4 nitrogen and oxygen atoms in total. The maximum absolute atomic E-state index is 12.5. The van der Waals surface area contributed by atoms with Crippen LogP contribution in [0.5, 0.6) is 5.75 Å². The fourth-order valence-electron chi connectivity index (χ4n) is 2.88. The lowest BCUT2D eigenvalue weighted by Crippen LogP contribution is -2.43. The van der Waals surface area contributed by atoms with Gasteiger partial charge in [0.05, 0.1) is 10.8 Å². The number of rotatable bonds is 3. The molecule has 5 heteroatoms. The van der Waals surface area contributed by atoms with E-state index in [9.17, 15) is 9.59 Å². The molecular weight excluding hydrogens is 356 g/mol.